The molecule has 3 rings (SSSR count). The molecule has 0 spiro atoms. The molecule has 6 nitrogen and oxygen atoms in total. The van der Waals surface area contributed by atoms with Crippen LogP contribution in [0, 0.1) is 6.92 Å². The Bertz CT molecular complexity index is 978. The second-order valence-corrected chi connectivity index (χ2v) is 6.77. The Morgan fingerprint density at radius 1 is 1.04 bits per heavy atom. The number of benzene rings is 2. The third-order valence-corrected chi connectivity index (χ3v) is 4.67. The first-order chi connectivity index (χ1) is 13.6. The van der Waals surface area contributed by atoms with Gasteiger partial charge in [0.25, 0.3) is 0 Å². The number of imidazole rings is 1. The van der Waals surface area contributed by atoms with Crippen LogP contribution in [0.25, 0.3) is 11.0 Å². The van der Waals surface area contributed by atoms with E-state index in [9.17, 15) is 9.59 Å². The summed E-state index contributed by atoms with van der Waals surface area (Å²) >= 11 is 0. The summed E-state index contributed by atoms with van der Waals surface area (Å²) in [6, 6.07) is 15.5. The molecule has 0 atom stereocenters. The van der Waals surface area contributed by atoms with Crippen LogP contribution in [-0.2, 0) is 22.6 Å². The Labute approximate surface area is 165 Å². The van der Waals surface area contributed by atoms with Crippen molar-refractivity contribution in [3.8, 4) is 0 Å². The van der Waals surface area contributed by atoms with Crippen LogP contribution in [0.5, 0.6) is 0 Å². The molecule has 146 valence electrons. The normalized spacial score (nSPS) is 10.8. The molecule has 0 unspecified atom stereocenters. The van der Waals surface area contributed by atoms with Gasteiger partial charge in [-0.05, 0) is 37.1 Å². The van der Waals surface area contributed by atoms with E-state index in [1.807, 2.05) is 66.9 Å². The highest BCUT2D eigenvalue weighted by molar-refractivity contribution is 5.92. The van der Waals surface area contributed by atoms with Crippen molar-refractivity contribution in [3.63, 3.8) is 0 Å². The highest BCUT2D eigenvalue weighted by Crippen LogP contribution is 2.18. The molecule has 2 aromatic carbocycles. The standard InChI is InChI=1S/C22H26N4O2/c1-3-21(27)23-14-8-13-20-24-18-11-6-7-12-19(18)26(20)15-22(28)25-17-10-5-4-9-16(17)2/h4-7,9-12H,3,8,13-15H2,1-2H3,(H,23,27)(H,25,28). The van der Waals surface area contributed by atoms with Crippen molar-refractivity contribution < 1.29 is 9.59 Å². The zero-order valence-electron chi connectivity index (χ0n) is 16.4. The van der Waals surface area contributed by atoms with Crippen molar-refractivity contribution in [2.45, 2.75) is 39.7 Å². The van der Waals surface area contributed by atoms with E-state index < -0.39 is 0 Å². The Hall–Kier alpha value is -3.15. The van der Waals surface area contributed by atoms with E-state index in [1.165, 1.54) is 0 Å². The maximum absolute atomic E-state index is 12.7. The van der Waals surface area contributed by atoms with Crippen LogP contribution in [0.3, 0.4) is 0 Å². The second-order valence-electron chi connectivity index (χ2n) is 6.77. The van der Waals surface area contributed by atoms with Crippen molar-refractivity contribution in [2.75, 3.05) is 11.9 Å². The largest absolute Gasteiger partial charge is 0.356 e. The van der Waals surface area contributed by atoms with Gasteiger partial charge in [-0.15, -0.1) is 0 Å². The molecule has 28 heavy (non-hydrogen) atoms. The first-order valence-electron chi connectivity index (χ1n) is 9.64. The summed E-state index contributed by atoms with van der Waals surface area (Å²) in [5.74, 6) is 0.816. The number of aromatic nitrogens is 2. The molecule has 0 fully saturated rings. The summed E-state index contributed by atoms with van der Waals surface area (Å²) in [6.07, 6.45) is 1.95. The van der Waals surface area contributed by atoms with Gasteiger partial charge in [-0.3, -0.25) is 9.59 Å². The number of aryl methyl sites for hydroxylation is 2. The van der Waals surface area contributed by atoms with Crippen LogP contribution in [-0.4, -0.2) is 27.9 Å². The molecule has 0 aliphatic carbocycles. The molecule has 0 radical (unpaired) electrons. The van der Waals surface area contributed by atoms with Crippen LogP contribution < -0.4 is 10.6 Å². The molecule has 0 saturated carbocycles. The van der Waals surface area contributed by atoms with Gasteiger partial charge in [0.15, 0.2) is 0 Å². The highest BCUT2D eigenvalue weighted by atomic mass is 16.2. The molecule has 1 aromatic heterocycles. The minimum Gasteiger partial charge on any atom is -0.356 e. The monoisotopic (exact) mass is 378 g/mol. The van der Waals surface area contributed by atoms with E-state index >= 15 is 0 Å². The third kappa shape index (κ3) is 4.76. The van der Waals surface area contributed by atoms with E-state index in [-0.39, 0.29) is 18.4 Å². The molecule has 0 aliphatic heterocycles. The SMILES string of the molecule is CCC(=O)NCCCc1nc2ccccc2n1CC(=O)Nc1ccccc1C. The van der Waals surface area contributed by atoms with Crippen LogP contribution in [0.4, 0.5) is 5.69 Å². The third-order valence-electron chi connectivity index (χ3n) is 4.67. The lowest BCUT2D eigenvalue weighted by molar-refractivity contribution is -0.120. The molecule has 6 heteroatoms. The molecule has 0 aliphatic rings. The smallest absolute Gasteiger partial charge is 0.244 e. The molecule has 0 saturated heterocycles. The Balaban J connectivity index is 1.74. The van der Waals surface area contributed by atoms with Crippen LogP contribution in [0.15, 0.2) is 48.5 Å². The van der Waals surface area contributed by atoms with Gasteiger partial charge in [-0.1, -0.05) is 37.3 Å². The minimum atomic E-state index is -0.0852. The lowest BCUT2D eigenvalue weighted by Gasteiger charge is -2.11. The van der Waals surface area contributed by atoms with Gasteiger partial charge in [-0.2, -0.15) is 0 Å². The fourth-order valence-electron chi connectivity index (χ4n) is 3.14. The fourth-order valence-corrected chi connectivity index (χ4v) is 3.14. The average Bonchev–Trinajstić information content (AvgIpc) is 3.04. The Morgan fingerprint density at radius 2 is 1.79 bits per heavy atom. The minimum absolute atomic E-state index is 0.0473. The number of nitrogens with one attached hydrogen (secondary N) is 2. The van der Waals surface area contributed by atoms with Gasteiger partial charge in [0.1, 0.15) is 12.4 Å². The second kappa shape index (κ2) is 9.17. The maximum atomic E-state index is 12.7. The summed E-state index contributed by atoms with van der Waals surface area (Å²) in [4.78, 5) is 28.8. The van der Waals surface area contributed by atoms with Gasteiger partial charge in [0, 0.05) is 25.1 Å². The number of para-hydroxylation sites is 3. The van der Waals surface area contributed by atoms with Crippen molar-refractivity contribution in [2.24, 2.45) is 0 Å². The number of carbonyl (C=O) groups is 2. The number of fused-ring (bicyclic) bond motifs is 1. The predicted octanol–water partition coefficient (Wildman–Crippen LogP) is 3.44. The summed E-state index contributed by atoms with van der Waals surface area (Å²) in [7, 11) is 0. The number of hydrogen-bond acceptors (Lipinski definition) is 3. The van der Waals surface area contributed by atoms with Gasteiger partial charge in [0.2, 0.25) is 11.8 Å². The topological polar surface area (TPSA) is 76.0 Å². The molecular formula is C22H26N4O2. The highest BCUT2D eigenvalue weighted by Gasteiger charge is 2.14. The van der Waals surface area contributed by atoms with E-state index in [1.54, 1.807) is 0 Å². The average molecular weight is 378 g/mol. The molecule has 3 aromatic rings. The molecule has 0 bridgehead atoms. The molecule has 2 amide bonds. The van der Waals surface area contributed by atoms with Crippen molar-refractivity contribution >= 4 is 28.5 Å². The fraction of sp³-hybridized carbons (Fsp3) is 0.318. The first kappa shape index (κ1) is 19.6. The van der Waals surface area contributed by atoms with Crippen molar-refractivity contribution in [3.05, 3.63) is 59.9 Å². The molecule has 2 N–H and O–H groups in total. The number of nitrogens with zero attached hydrogens (tertiary/aromatic N) is 2. The number of carbonyl (C=O) groups excluding carboxylic acids is 2. The van der Waals surface area contributed by atoms with Gasteiger partial charge in [0.05, 0.1) is 11.0 Å². The van der Waals surface area contributed by atoms with Crippen LogP contribution in [0.1, 0.15) is 31.2 Å². The van der Waals surface area contributed by atoms with Gasteiger partial charge in [-0.25, -0.2) is 4.98 Å². The van der Waals surface area contributed by atoms with Crippen LogP contribution >= 0.6 is 0 Å². The van der Waals surface area contributed by atoms with Crippen LogP contribution in [0.2, 0.25) is 0 Å². The van der Waals surface area contributed by atoms with Gasteiger partial charge >= 0.3 is 0 Å². The summed E-state index contributed by atoms with van der Waals surface area (Å²) < 4.78 is 1.96. The van der Waals surface area contributed by atoms with E-state index in [4.69, 9.17) is 4.98 Å². The predicted molar refractivity (Wildman–Crippen MR) is 111 cm³/mol. The van der Waals surface area contributed by atoms with E-state index in [0.29, 0.717) is 19.4 Å². The summed E-state index contributed by atoms with van der Waals surface area (Å²) in [5.41, 5.74) is 3.66. The molecule has 1 heterocycles. The van der Waals surface area contributed by atoms with E-state index in [0.717, 1.165) is 34.5 Å². The zero-order chi connectivity index (χ0) is 19.9. The number of rotatable bonds is 8. The zero-order valence-corrected chi connectivity index (χ0v) is 16.4. The number of hydrogen-bond donors (Lipinski definition) is 2. The van der Waals surface area contributed by atoms with Crippen molar-refractivity contribution in [1.29, 1.82) is 0 Å². The van der Waals surface area contributed by atoms with Crippen molar-refractivity contribution in [1.82, 2.24) is 14.9 Å². The Morgan fingerprint density at radius 3 is 2.57 bits per heavy atom. The number of amides is 2. The van der Waals surface area contributed by atoms with Gasteiger partial charge < -0.3 is 15.2 Å². The number of anilines is 1. The summed E-state index contributed by atoms with van der Waals surface area (Å²) in [6.45, 7) is 4.61. The quantitative estimate of drug-likeness (QED) is 0.590. The van der Waals surface area contributed by atoms with E-state index in [2.05, 4.69) is 10.6 Å². The first-order valence-corrected chi connectivity index (χ1v) is 9.64. The lowest BCUT2D eigenvalue weighted by atomic mass is 10.2. The molecular weight excluding hydrogens is 352 g/mol. The lowest BCUT2D eigenvalue weighted by Crippen LogP contribution is -2.24. The maximum Gasteiger partial charge on any atom is 0.244 e. The Kier molecular flexibility index (Phi) is 6.42. The summed E-state index contributed by atoms with van der Waals surface area (Å²) in [5, 5.41) is 5.87.